The summed E-state index contributed by atoms with van der Waals surface area (Å²) in [6, 6.07) is 34.2. The number of nitrogens with zero attached hydrogens (tertiary/aromatic N) is 4. The molecule has 0 radical (unpaired) electrons. The molecule has 4 aromatic carbocycles. The van der Waals surface area contributed by atoms with E-state index in [-0.39, 0.29) is 11.8 Å². The maximum Gasteiger partial charge on any atom is 0.181 e. The lowest BCUT2D eigenvalue weighted by atomic mass is 10.2. The molecule has 7 nitrogen and oxygen atoms in total. The number of carbonyl (C=O) groups is 1. The number of allylic oxidation sites excluding steroid dienone is 1. The molecular weight excluding hydrogens is 448 g/mol. The Balaban J connectivity index is 1.17. The SMILES string of the molecule is O=C1C[C@H](Nc2ccc(N=Nc3ccccc3)cc2)C=C1Nc1ccc(N=Nc2ccccc2)cc1. The van der Waals surface area contributed by atoms with Gasteiger partial charge in [0.25, 0.3) is 0 Å². The minimum absolute atomic E-state index is 0.0635. The van der Waals surface area contributed by atoms with E-state index in [0.717, 1.165) is 34.1 Å². The van der Waals surface area contributed by atoms with E-state index in [2.05, 4.69) is 31.1 Å². The van der Waals surface area contributed by atoms with Crippen molar-refractivity contribution in [1.29, 1.82) is 0 Å². The van der Waals surface area contributed by atoms with Gasteiger partial charge >= 0.3 is 0 Å². The molecule has 4 aromatic rings. The standard InChI is InChI=1S/C29H24N6O/c36-29-20-27(30-21-11-15-25(16-12-21)34-32-23-7-3-1-4-8-23)19-28(29)31-22-13-17-26(18-14-22)35-33-24-9-5-2-6-10-24/h1-19,27,30-31H,20H2/t27-/m1/s1. The van der Waals surface area contributed by atoms with Crippen molar-refractivity contribution in [2.45, 2.75) is 12.5 Å². The Hall–Kier alpha value is -4.91. The minimum atomic E-state index is -0.0873. The van der Waals surface area contributed by atoms with Gasteiger partial charge in [-0.1, -0.05) is 36.4 Å². The molecule has 7 heteroatoms. The van der Waals surface area contributed by atoms with Gasteiger partial charge in [-0.05, 0) is 78.9 Å². The average molecular weight is 473 g/mol. The second-order valence-electron chi connectivity index (χ2n) is 8.25. The highest BCUT2D eigenvalue weighted by atomic mass is 16.1. The van der Waals surface area contributed by atoms with Gasteiger partial charge in [0.2, 0.25) is 0 Å². The van der Waals surface area contributed by atoms with E-state index in [0.29, 0.717) is 12.1 Å². The molecule has 176 valence electrons. The first kappa shape index (κ1) is 22.9. The van der Waals surface area contributed by atoms with Gasteiger partial charge in [0.1, 0.15) is 0 Å². The summed E-state index contributed by atoms with van der Waals surface area (Å²) in [5.41, 5.74) is 5.42. The Morgan fingerprint density at radius 1 is 0.556 bits per heavy atom. The van der Waals surface area contributed by atoms with E-state index < -0.39 is 0 Å². The number of rotatable bonds is 8. The highest BCUT2D eigenvalue weighted by Crippen LogP contribution is 2.25. The molecule has 0 spiro atoms. The van der Waals surface area contributed by atoms with E-state index in [4.69, 9.17) is 0 Å². The zero-order valence-electron chi connectivity index (χ0n) is 19.5. The molecule has 0 saturated carbocycles. The van der Waals surface area contributed by atoms with Gasteiger partial charge in [-0.3, -0.25) is 4.79 Å². The van der Waals surface area contributed by atoms with Crippen LogP contribution >= 0.6 is 0 Å². The van der Waals surface area contributed by atoms with Crippen LogP contribution in [0, 0.1) is 0 Å². The predicted octanol–water partition coefficient (Wildman–Crippen LogP) is 8.27. The van der Waals surface area contributed by atoms with Crippen LogP contribution in [-0.4, -0.2) is 11.8 Å². The number of Topliss-reactive ketones (excluding diaryl/α,β-unsaturated/α-hetero) is 1. The van der Waals surface area contributed by atoms with Gasteiger partial charge in [0, 0.05) is 17.8 Å². The monoisotopic (exact) mass is 472 g/mol. The van der Waals surface area contributed by atoms with Crippen molar-refractivity contribution in [3.05, 3.63) is 121 Å². The molecule has 0 bridgehead atoms. The molecule has 1 atom stereocenters. The van der Waals surface area contributed by atoms with Crippen molar-refractivity contribution in [1.82, 2.24) is 0 Å². The normalized spacial score (nSPS) is 15.4. The van der Waals surface area contributed by atoms with E-state index in [1.165, 1.54) is 0 Å². The Labute approximate surface area is 209 Å². The minimum Gasteiger partial charge on any atom is -0.378 e. The molecule has 36 heavy (non-hydrogen) atoms. The second kappa shape index (κ2) is 11.0. The summed E-state index contributed by atoms with van der Waals surface area (Å²) in [6.07, 6.45) is 2.32. The molecule has 0 saturated heterocycles. The lowest BCUT2D eigenvalue weighted by Crippen LogP contribution is -2.15. The van der Waals surface area contributed by atoms with Crippen LogP contribution in [0.25, 0.3) is 0 Å². The quantitative estimate of drug-likeness (QED) is 0.253. The number of anilines is 2. The fourth-order valence-corrected chi connectivity index (χ4v) is 3.69. The van der Waals surface area contributed by atoms with Gasteiger partial charge in [-0.25, -0.2) is 0 Å². The van der Waals surface area contributed by atoms with Crippen LogP contribution in [0.5, 0.6) is 0 Å². The van der Waals surface area contributed by atoms with Crippen molar-refractivity contribution >= 4 is 39.9 Å². The smallest absolute Gasteiger partial charge is 0.181 e. The number of hydrogen-bond donors (Lipinski definition) is 2. The molecular formula is C29H24N6O. The number of carbonyl (C=O) groups excluding carboxylic acids is 1. The van der Waals surface area contributed by atoms with Crippen LogP contribution in [0.2, 0.25) is 0 Å². The summed E-state index contributed by atoms with van der Waals surface area (Å²) in [6.45, 7) is 0. The third-order valence-corrected chi connectivity index (χ3v) is 5.51. The molecule has 0 unspecified atom stereocenters. The Morgan fingerprint density at radius 3 is 1.50 bits per heavy atom. The van der Waals surface area contributed by atoms with Crippen LogP contribution in [0.3, 0.4) is 0 Å². The maximum atomic E-state index is 12.5. The predicted molar refractivity (Wildman–Crippen MR) is 143 cm³/mol. The number of ketones is 1. The molecule has 0 aromatic heterocycles. The van der Waals surface area contributed by atoms with Crippen LogP contribution in [0.1, 0.15) is 6.42 Å². The van der Waals surface area contributed by atoms with Crippen molar-refractivity contribution in [3.8, 4) is 0 Å². The molecule has 0 fully saturated rings. The summed E-state index contributed by atoms with van der Waals surface area (Å²) in [5.74, 6) is 0.0635. The Bertz CT molecular complexity index is 1400. The topological polar surface area (TPSA) is 90.6 Å². The molecule has 0 heterocycles. The Morgan fingerprint density at radius 2 is 1.00 bits per heavy atom. The van der Waals surface area contributed by atoms with Gasteiger partial charge in [0.05, 0.1) is 34.5 Å². The fourth-order valence-electron chi connectivity index (χ4n) is 3.69. The number of azo groups is 2. The number of hydrogen-bond acceptors (Lipinski definition) is 7. The Kier molecular flexibility index (Phi) is 6.99. The summed E-state index contributed by atoms with van der Waals surface area (Å²) in [5, 5.41) is 23.6. The van der Waals surface area contributed by atoms with Gasteiger partial charge in [0.15, 0.2) is 5.78 Å². The zero-order valence-corrected chi connectivity index (χ0v) is 19.5. The molecule has 0 aliphatic heterocycles. The van der Waals surface area contributed by atoms with Gasteiger partial charge < -0.3 is 10.6 Å². The van der Waals surface area contributed by atoms with Crippen molar-refractivity contribution in [3.63, 3.8) is 0 Å². The summed E-state index contributed by atoms with van der Waals surface area (Å²) < 4.78 is 0. The highest BCUT2D eigenvalue weighted by Gasteiger charge is 2.24. The van der Waals surface area contributed by atoms with E-state index in [9.17, 15) is 4.79 Å². The van der Waals surface area contributed by atoms with Crippen LogP contribution in [0.15, 0.2) is 141 Å². The zero-order chi connectivity index (χ0) is 24.6. The largest absolute Gasteiger partial charge is 0.378 e. The van der Waals surface area contributed by atoms with Crippen LogP contribution < -0.4 is 10.6 Å². The second-order valence-corrected chi connectivity index (χ2v) is 8.25. The van der Waals surface area contributed by atoms with Crippen molar-refractivity contribution in [2.24, 2.45) is 20.5 Å². The highest BCUT2D eigenvalue weighted by molar-refractivity contribution is 6.01. The van der Waals surface area contributed by atoms with E-state index in [1.807, 2.05) is 115 Å². The van der Waals surface area contributed by atoms with Gasteiger partial charge in [-0.2, -0.15) is 20.5 Å². The van der Waals surface area contributed by atoms with E-state index >= 15 is 0 Å². The molecule has 0 amide bonds. The number of nitrogens with one attached hydrogen (secondary N) is 2. The first-order valence-electron chi connectivity index (χ1n) is 11.6. The van der Waals surface area contributed by atoms with Crippen LogP contribution in [-0.2, 0) is 4.79 Å². The van der Waals surface area contributed by atoms with Crippen molar-refractivity contribution in [2.75, 3.05) is 10.6 Å². The van der Waals surface area contributed by atoms with E-state index in [1.54, 1.807) is 0 Å². The maximum absolute atomic E-state index is 12.5. The summed E-state index contributed by atoms with van der Waals surface area (Å²) >= 11 is 0. The molecule has 1 aliphatic carbocycles. The first-order valence-corrected chi connectivity index (χ1v) is 11.6. The lowest BCUT2D eigenvalue weighted by molar-refractivity contribution is -0.114. The molecule has 5 rings (SSSR count). The average Bonchev–Trinajstić information content (AvgIpc) is 3.27. The number of benzene rings is 4. The molecule has 2 N–H and O–H groups in total. The van der Waals surface area contributed by atoms with Gasteiger partial charge in [-0.15, -0.1) is 0 Å². The lowest BCUT2D eigenvalue weighted by Gasteiger charge is -2.11. The first-order chi connectivity index (χ1) is 17.7. The third kappa shape index (κ3) is 6.15. The third-order valence-electron chi connectivity index (χ3n) is 5.51. The summed E-state index contributed by atoms with van der Waals surface area (Å²) in [4.78, 5) is 12.5. The van der Waals surface area contributed by atoms with Crippen molar-refractivity contribution < 1.29 is 4.79 Å². The fraction of sp³-hybridized carbons (Fsp3) is 0.0690. The summed E-state index contributed by atoms with van der Waals surface area (Å²) in [7, 11) is 0. The molecule has 1 aliphatic rings. The van der Waals surface area contributed by atoms with Crippen LogP contribution in [0.4, 0.5) is 34.1 Å².